The third kappa shape index (κ3) is 6.51. The monoisotopic (exact) mass is 691 g/mol. The molecule has 2 N–H and O–H groups in total. The van der Waals surface area contributed by atoms with Gasteiger partial charge in [0.25, 0.3) is 0 Å². The van der Waals surface area contributed by atoms with Crippen LogP contribution >= 0.6 is 23.1 Å². The van der Waals surface area contributed by atoms with Gasteiger partial charge in [-0.3, -0.25) is 14.6 Å². The van der Waals surface area contributed by atoms with Crippen LogP contribution in [0.15, 0.2) is 59.7 Å². The highest BCUT2D eigenvalue weighted by atomic mass is 79.9. The Kier molecular flexibility index (Phi) is 8.51. The van der Waals surface area contributed by atoms with Gasteiger partial charge in [0.15, 0.2) is 0 Å². The van der Waals surface area contributed by atoms with E-state index in [1.165, 1.54) is 0 Å². The summed E-state index contributed by atoms with van der Waals surface area (Å²) < 4.78 is 27.7. The number of nitrogens with zero attached hydrogens (tertiary/aromatic N) is 7. The number of anilines is 5. The minimum Gasteiger partial charge on any atom is -0.494 e. The lowest BCUT2D eigenvalue weighted by atomic mass is 10.0. The molecule has 234 valence electrons. The molecule has 1 aliphatic heterocycles. The van der Waals surface area contributed by atoms with Crippen molar-refractivity contribution in [3.63, 3.8) is 0 Å². The van der Waals surface area contributed by atoms with Crippen LogP contribution in [-0.4, -0.2) is 75.5 Å². The zero-order valence-corrected chi connectivity index (χ0v) is 28.4. The Labute approximate surface area is 270 Å². The van der Waals surface area contributed by atoms with E-state index in [-0.39, 0.29) is 12.2 Å². The summed E-state index contributed by atoms with van der Waals surface area (Å²) in [5.41, 5.74) is 5.59. The summed E-state index contributed by atoms with van der Waals surface area (Å²) >= 11 is 3.57. The van der Waals surface area contributed by atoms with Crippen LogP contribution < -0.4 is 25.6 Å². The second-order valence-corrected chi connectivity index (χ2v) is 15.5. The number of halogens is 1. The highest BCUT2D eigenvalue weighted by molar-refractivity contribution is 9.10. The van der Waals surface area contributed by atoms with Crippen molar-refractivity contribution in [3.8, 4) is 16.9 Å². The molecule has 12 nitrogen and oxygen atoms in total. The number of ether oxygens (including phenoxy) is 2. The van der Waals surface area contributed by atoms with Gasteiger partial charge in [0, 0.05) is 67.8 Å². The Morgan fingerprint density at radius 1 is 1.02 bits per heavy atom. The molecule has 0 unspecified atom stereocenters. The molecule has 2 atom stereocenters. The summed E-state index contributed by atoms with van der Waals surface area (Å²) in [6.07, 6.45) is 8.91. The number of benzene rings is 2. The van der Waals surface area contributed by atoms with Gasteiger partial charge in [-0.05, 0) is 61.3 Å². The molecule has 6 rings (SSSR count). The lowest BCUT2D eigenvalue weighted by Gasteiger charge is -2.38. The third-order valence-electron chi connectivity index (χ3n) is 7.49. The molecule has 0 radical (unpaired) electrons. The first-order valence-electron chi connectivity index (χ1n) is 14.5. The second-order valence-electron chi connectivity index (χ2n) is 11.5. The quantitative estimate of drug-likeness (QED) is 0.187. The molecule has 2 aromatic carbocycles. The fourth-order valence-corrected chi connectivity index (χ4v) is 7.38. The molecule has 0 saturated carbocycles. The Balaban J connectivity index is 1.39. The van der Waals surface area contributed by atoms with Crippen molar-refractivity contribution < 1.29 is 14.0 Å². The minimum atomic E-state index is -2.76. The number of hydrogen-bond acceptors (Lipinski definition) is 11. The van der Waals surface area contributed by atoms with E-state index in [1.807, 2.05) is 43.7 Å². The molecule has 1 saturated heterocycles. The van der Waals surface area contributed by atoms with E-state index in [0.717, 1.165) is 29.9 Å². The molecule has 1 fully saturated rings. The fraction of sp³-hybridized carbons (Fsp3) is 0.323. The van der Waals surface area contributed by atoms with Crippen LogP contribution in [0.3, 0.4) is 0 Å². The van der Waals surface area contributed by atoms with Gasteiger partial charge in [0.2, 0.25) is 5.95 Å². The number of rotatable bonds is 8. The van der Waals surface area contributed by atoms with Crippen molar-refractivity contribution in [1.29, 1.82) is 0 Å². The van der Waals surface area contributed by atoms with Gasteiger partial charge < -0.3 is 29.6 Å². The average Bonchev–Trinajstić information content (AvgIpc) is 3.43. The van der Waals surface area contributed by atoms with E-state index in [0.29, 0.717) is 49.7 Å². The summed E-state index contributed by atoms with van der Waals surface area (Å²) in [4.78, 5) is 20.5. The van der Waals surface area contributed by atoms with Crippen molar-refractivity contribution in [2.45, 2.75) is 26.1 Å². The van der Waals surface area contributed by atoms with E-state index in [9.17, 15) is 4.57 Å². The summed E-state index contributed by atoms with van der Waals surface area (Å²) in [6, 6.07) is 7.78. The van der Waals surface area contributed by atoms with Crippen molar-refractivity contribution in [2.24, 2.45) is 7.05 Å². The van der Waals surface area contributed by atoms with Crippen molar-refractivity contribution in [2.75, 3.05) is 49.1 Å². The Bertz CT molecular complexity index is 1920. The molecular formula is C31H35BrN9O3P. The molecule has 0 bridgehead atoms. The van der Waals surface area contributed by atoms with Gasteiger partial charge in [-0.15, -0.1) is 0 Å². The molecule has 0 aliphatic carbocycles. The van der Waals surface area contributed by atoms with Gasteiger partial charge in [-0.1, -0.05) is 0 Å². The Morgan fingerprint density at radius 2 is 1.78 bits per heavy atom. The molecule has 3 aromatic heterocycles. The zero-order chi connectivity index (χ0) is 31.9. The maximum atomic E-state index is 13.4. The highest BCUT2D eigenvalue weighted by Gasteiger charge is 2.27. The van der Waals surface area contributed by atoms with Crippen LogP contribution in [-0.2, 0) is 16.3 Å². The first kappa shape index (κ1) is 30.9. The number of aromatic nitrogens is 6. The van der Waals surface area contributed by atoms with Gasteiger partial charge in [0.1, 0.15) is 24.2 Å². The second kappa shape index (κ2) is 12.4. The number of methoxy groups -OCH3 is 1. The minimum absolute atomic E-state index is 0.0888. The van der Waals surface area contributed by atoms with Gasteiger partial charge in [-0.2, -0.15) is 10.1 Å². The maximum absolute atomic E-state index is 13.4. The normalized spacial score (nSPS) is 17.0. The van der Waals surface area contributed by atoms with Crippen LogP contribution in [0.25, 0.3) is 22.2 Å². The maximum Gasteiger partial charge on any atom is 0.229 e. The molecule has 0 spiro atoms. The number of aryl methyl sites for hydroxylation is 1. The van der Waals surface area contributed by atoms with Crippen LogP contribution in [0.5, 0.6) is 5.75 Å². The molecule has 45 heavy (non-hydrogen) atoms. The molecule has 4 heterocycles. The van der Waals surface area contributed by atoms with Crippen molar-refractivity contribution in [3.05, 3.63) is 59.7 Å². The van der Waals surface area contributed by atoms with Crippen LogP contribution in [0, 0.1) is 0 Å². The zero-order valence-electron chi connectivity index (χ0n) is 25.9. The standard InChI is InChI=1S/C31H35BrN9O3P/c1-18-15-41(16-19(2)44-18)26-12-27(43-4)25(11-21(26)20-13-36-40(3)17-20)38-31-35-14-22(32)30(39-31)37-24-8-7-23-28(34-10-9-33-23)29(24)45(5,6)42/h7-14,17-19H,15-16H2,1-6H3,(H2,35,37,38,39)/t18-,19-/m0/s1. The first-order valence-corrected chi connectivity index (χ1v) is 17.9. The summed E-state index contributed by atoms with van der Waals surface area (Å²) in [6.45, 7) is 9.12. The topological polar surface area (TPSA) is 132 Å². The Hall–Kier alpha value is -4.06. The number of nitrogens with one attached hydrogen (secondary N) is 2. The van der Waals surface area contributed by atoms with E-state index < -0.39 is 7.14 Å². The number of hydrogen-bond donors (Lipinski definition) is 2. The smallest absolute Gasteiger partial charge is 0.229 e. The van der Waals surface area contributed by atoms with E-state index in [4.69, 9.17) is 14.5 Å². The van der Waals surface area contributed by atoms with Crippen molar-refractivity contribution >= 4 is 68.2 Å². The number of morpholine rings is 1. The van der Waals surface area contributed by atoms with Crippen molar-refractivity contribution in [1.82, 2.24) is 29.7 Å². The average molecular weight is 693 g/mol. The van der Waals surface area contributed by atoms with E-state index in [2.05, 4.69) is 65.4 Å². The largest absolute Gasteiger partial charge is 0.494 e. The predicted molar refractivity (Wildman–Crippen MR) is 182 cm³/mol. The highest BCUT2D eigenvalue weighted by Crippen LogP contribution is 2.43. The van der Waals surface area contributed by atoms with Crippen LogP contribution in [0.4, 0.5) is 28.8 Å². The van der Waals surface area contributed by atoms with Gasteiger partial charge >= 0.3 is 0 Å². The molecule has 5 aromatic rings. The van der Waals surface area contributed by atoms with Gasteiger partial charge in [-0.25, -0.2) is 4.98 Å². The Morgan fingerprint density at radius 3 is 2.47 bits per heavy atom. The molecular weight excluding hydrogens is 657 g/mol. The first-order chi connectivity index (χ1) is 21.5. The van der Waals surface area contributed by atoms with E-state index >= 15 is 0 Å². The number of fused-ring (bicyclic) bond motifs is 1. The lowest BCUT2D eigenvalue weighted by Crippen LogP contribution is -2.45. The lowest BCUT2D eigenvalue weighted by molar-refractivity contribution is -0.00519. The predicted octanol–water partition coefficient (Wildman–Crippen LogP) is 5.94. The molecule has 0 amide bonds. The van der Waals surface area contributed by atoms with Gasteiger partial charge in [0.05, 0.1) is 52.2 Å². The van der Waals surface area contributed by atoms with Crippen LogP contribution in [0.2, 0.25) is 0 Å². The molecule has 14 heteroatoms. The van der Waals surface area contributed by atoms with Crippen LogP contribution in [0.1, 0.15) is 13.8 Å². The van der Waals surface area contributed by atoms with E-state index in [1.54, 1.807) is 43.7 Å². The third-order valence-corrected chi connectivity index (χ3v) is 9.60. The fourth-order valence-electron chi connectivity index (χ4n) is 5.69. The molecule has 1 aliphatic rings. The summed E-state index contributed by atoms with van der Waals surface area (Å²) in [5, 5.41) is 11.8. The summed E-state index contributed by atoms with van der Waals surface area (Å²) in [7, 11) is 0.783. The SMILES string of the molecule is COc1cc(N2C[C@H](C)O[C@@H](C)C2)c(-c2cnn(C)c2)cc1Nc1ncc(Br)c(Nc2ccc3nccnc3c2P(C)(C)=O)n1. The summed E-state index contributed by atoms with van der Waals surface area (Å²) in [5.74, 6) is 1.47.